The molecule has 0 fully saturated rings. The Bertz CT molecular complexity index is 514. The minimum Gasteiger partial charge on any atom is -0.376 e. The average Bonchev–Trinajstić information content (AvgIpc) is 2.32. The van der Waals surface area contributed by atoms with Crippen molar-refractivity contribution in [2.45, 2.75) is 19.9 Å². The predicted octanol–water partition coefficient (Wildman–Crippen LogP) is 3.61. The highest BCUT2D eigenvalue weighted by molar-refractivity contribution is 6.33. The summed E-state index contributed by atoms with van der Waals surface area (Å²) in [7, 11) is 0. The molecule has 4 heteroatoms. The highest BCUT2D eigenvalue weighted by atomic mass is 35.5. The molecule has 1 atom stereocenters. The van der Waals surface area contributed by atoms with Gasteiger partial charge in [0.1, 0.15) is 0 Å². The van der Waals surface area contributed by atoms with E-state index in [4.69, 9.17) is 11.6 Å². The molecule has 0 aliphatic heterocycles. The molecular formula is C13H14ClN3. The summed E-state index contributed by atoms with van der Waals surface area (Å²) in [4.78, 5) is 8.56. The van der Waals surface area contributed by atoms with E-state index in [1.54, 1.807) is 12.4 Å². The van der Waals surface area contributed by atoms with Crippen LogP contribution in [0.3, 0.4) is 0 Å². The van der Waals surface area contributed by atoms with Crippen LogP contribution in [0, 0.1) is 6.92 Å². The number of anilines is 1. The number of rotatable bonds is 3. The first-order valence-corrected chi connectivity index (χ1v) is 5.85. The van der Waals surface area contributed by atoms with Crippen LogP contribution in [-0.2, 0) is 0 Å². The Labute approximate surface area is 106 Å². The zero-order valence-electron chi connectivity index (χ0n) is 9.81. The Morgan fingerprint density at radius 3 is 2.59 bits per heavy atom. The minimum absolute atomic E-state index is 0.0728. The molecule has 0 saturated heterocycles. The molecule has 88 valence electrons. The number of aryl methyl sites for hydroxylation is 1. The molecule has 2 aromatic rings. The van der Waals surface area contributed by atoms with Gasteiger partial charge in [-0.25, -0.2) is 0 Å². The van der Waals surface area contributed by atoms with Gasteiger partial charge in [-0.1, -0.05) is 23.7 Å². The van der Waals surface area contributed by atoms with Gasteiger partial charge >= 0.3 is 0 Å². The van der Waals surface area contributed by atoms with Gasteiger partial charge in [-0.15, -0.1) is 0 Å². The lowest BCUT2D eigenvalue weighted by Crippen LogP contribution is -2.11. The van der Waals surface area contributed by atoms with Gasteiger partial charge in [0, 0.05) is 12.4 Å². The van der Waals surface area contributed by atoms with Crippen molar-refractivity contribution in [2.24, 2.45) is 0 Å². The third kappa shape index (κ3) is 2.74. The average molecular weight is 248 g/mol. The van der Waals surface area contributed by atoms with Crippen LogP contribution in [0.1, 0.15) is 24.4 Å². The van der Waals surface area contributed by atoms with Crippen LogP contribution in [0.15, 0.2) is 36.7 Å². The Hall–Kier alpha value is -1.61. The summed E-state index contributed by atoms with van der Waals surface area (Å²) >= 11 is 6.10. The van der Waals surface area contributed by atoms with Crippen molar-refractivity contribution in [1.29, 1.82) is 0 Å². The Kier molecular flexibility index (Phi) is 3.59. The standard InChI is InChI=1S/C13H14ClN3/c1-9-13(16-8-7-15-9)10(2)17-12-6-4-3-5-11(12)14/h3-8,10,17H,1-2H3. The first-order valence-electron chi connectivity index (χ1n) is 5.47. The summed E-state index contributed by atoms with van der Waals surface area (Å²) in [6.07, 6.45) is 3.40. The number of nitrogens with one attached hydrogen (secondary N) is 1. The maximum Gasteiger partial charge on any atom is 0.0835 e. The first kappa shape index (κ1) is 11.9. The third-order valence-corrected chi connectivity index (χ3v) is 2.90. The fourth-order valence-corrected chi connectivity index (χ4v) is 1.91. The normalized spacial score (nSPS) is 12.2. The molecule has 1 aromatic heterocycles. The molecule has 1 aromatic carbocycles. The second-order valence-corrected chi connectivity index (χ2v) is 4.28. The highest BCUT2D eigenvalue weighted by Crippen LogP contribution is 2.25. The van der Waals surface area contributed by atoms with Crippen molar-refractivity contribution >= 4 is 17.3 Å². The van der Waals surface area contributed by atoms with Crippen molar-refractivity contribution in [3.8, 4) is 0 Å². The molecule has 0 saturated carbocycles. The molecule has 0 bridgehead atoms. The molecule has 0 radical (unpaired) electrons. The molecule has 0 amide bonds. The zero-order valence-corrected chi connectivity index (χ0v) is 10.6. The number of hydrogen-bond acceptors (Lipinski definition) is 3. The lowest BCUT2D eigenvalue weighted by atomic mass is 10.1. The summed E-state index contributed by atoms with van der Waals surface area (Å²) in [6, 6.07) is 7.74. The monoisotopic (exact) mass is 247 g/mol. The molecular weight excluding hydrogens is 234 g/mol. The van der Waals surface area contributed by atoms with Crippen LogP contribution in [0.2, 0.25) is 5.02 Å². The summed E-state index contributed by atoms with van der Waals surface area (Å²) < 4.78 is 0. The van der Waals surface area contributed by atoms with Crippen LogP contribution in [0.25, 0.3) is 0 Å². The molecule has 0 aliphatic carbocycles. The van der Waals surface area contributed by atoms with E-state index >= 15 is 0 Å². The van der Waals surface area contributed by atoms with Gasteiger partial charge in [0.25, 0.3) is 0 Å². The Morgan fingerprint density at radius 1 is 1.18 bits per heavy atom. The number of hydrogen-bond donors (Lipinski definition) is 1. The predicted molar refractivity (Wildman–Crippen MR) is 70.3 cm³/mol. The second kappa shape index (κ2) is 5.15. The second-order valence-electron chi connectivity index (χ2n) is 3.87. The van der Waals surface area contributed by atoms with Crippen LogP contribution in [0.5, 0.6) is 0 Å². The van der Waals surface area contributed by atoms with Crippen molar-refractivity contribution in [3.05, 3.63) is 53.1 Å². The van der Waals surface area contributed by atoms with Crippen LogP contribution in [0.4, 0.5) is 5.69 Å². The van der Waals surface area contributed by atoms with E-state index in [2.05, 4.69) is 15.3 Å². The van der Waals surface area contributed by atoms with E-state index < -0.39 is 0 Å². The number of halogens is 1. The lowest BCUT2D eigenvalue weighted by molar-refractivity contribution is 0.810. The van der Waals surface area contributed by atoms with Crippen molar-refractivity contribution in [2.75, 3.05) is 5.32 Å². The number of benzene rings is 1. The van der Waals surface area contributed by atoms with Gasteiger partial charge in [-0.2, -0.15) is 0 Å². The van der Waals surface area contributed by atoms with E-state index in [1.165, 1.54) is 0 Å². The maximum atomic E-state index is 6.10. The Balaban J connectivity index is 2.20. The quantitative estimate of drug-likeness (QED) is 0.900. The van der Waals surface area contributed by atoms with Gasteiger partial charge in [0.2, 0.25) is 0 Å². The number of para-hydroxylation sites is 1. The molecule has 1 unspecified atom stereocenters. The summed E-state index contributed by atoms with van der Waals surface area (Å²) in [5.41, 5.74) is 2.78. The molecule has 1 heterocycles. The van der Waals surface area contributed by atoms with Crippen LogP contribution in [-0.4, -0.2) is 9.97 Å². The van der Waals surface area contributed by atoms with E-state index in [0.29, 0.717) is 5.02 Å². The molecule has 2 rings (SSSR count). The fraction of sp³-hybridized carbons (Fsp3) is 0.231. The maximum absolute atomic E-state index is 6.10. The highest BCUT2D eigenvalue weighted by Gasteiger charge is 2.11. The van der Waals surface area contributed by atoms with Crippen LogP contribution < -0.4 is 5.32 Å². The Morgan fingerprint density at radius 2 is 1.88 bits per heavy atom. The minimum atomic E-state index is 0.0728. The topological polar surface area (TPSA) is 37.8 Å². The van der Waals surface area contributed by atoms with E-state index in [-0.39, 0.29) is 6.04 Å². The number of nitrogens with zero attached hydrogens (tertiary/aromatic N) is 2. The summed E-state index contributed by atoms with van der Waals surface area (Å²) in [6.45, 7) is 3.99. The largest absolute Gasteiger partial charge is 0.376 e. The smallest absolute Gasteiger partial charge is 0.0835 e. The molecule has 0 aliphatic rings. The summed E-state index contributed by atoms with van der Waals surface area (Å²) in [5, 5.41) is 4.04. The SMILES string of the molecule is Cc1nccnc1C(C)Nc1ccccc1Cl. The zero-order chi connectivity index (χ0) is 12.3. The molecule has 0 spiro atoms. The molecule has 3 nitrogen and oxygen atoms in total. The van der Waals surface area contributed by atoms with Crippen molar-refractivity contribution in [1.82, 2.24) is 9.97 Å². The van der Waals surface area contributed by atoms with Gasteiger partial charge in [0.05, 0.1) is 28.1 Å². The van der Waals surface area contributed by atoms with E-state index in [1.807, 2.05) is 38.1 Å². The summed E-state index contributed by atoms with van der Waals surface area (Å²) in [5.74, 6) is 0. The van der Waals surface area contributed by atoms with Gasteiger partial charge in [-0.3, -0.25) is 9.97 Å². The third-order valence-electron chi connectivity index (χ3n) is 2.58. The lowest BCUT2D eigenvalue weighted by Gasteiger charge is -2.16. The van der Waals surface area contributed by atoms with E-state index in [9.17, 15) is 0 Å². The molecule has 17 heavy (non-hydrogen) atoms. The molecule has 1 N–H and O–H groups in total. The fourth-order valence-electron chi connectivity index (χ4n) is 1.72. The van der Waals surface area contributed by atoms with Crippen molar-refractivity contribution < 1.29 is 0 Å². The number of aromatic nitrogens is 2. The van der Waals surface area contributed by atoms with Gasteiger partial charge in [0.15, 0.2) is 0 Å². The van der Waals surface area contributed by atoms with E-state index in [0.717, 1.165) is 17.1 Å². The van der Waals surface area contributed by atoms with Gasteiger partial charge < -0.3 is 5.32 Å². The van der Waals surface area contributed by atoms with Crippen molar-refractivity contribution in [3.63, 3.8) is 0 Å². The van der Waals surface area contributed by atoms with Crippen LogP contribution >= 0.6 is 11.6 Å². The van der Waals surface area contributed by atoms with Gasteiger partial charge in [-0.05, 0) is 26.0 Å². The first-order chi connectivity index (χ1) is 8.18.